The van der Waals surface area contributed by atoms with Gasteiger partial charge in [0.05, 0.1) is 11.0 Å². The first-order valence-corrected chi connectivity index (χ1v) is 7.95. The highest BCUT2D eigenvalue weighted by Gasteiger charge is 2.29. The van der Waals surface area contributed by atoms with E-state index in [1.807, 2.05) is 32.0 Å². The number of nitrogens with one attached hydrogen (secondary N) is 1. The van der Waals surface area contributed by atoms with E-state index < -0.39 is 20.7 Å². The summed E-state index contributed by atoms with van der Waals surface area (Å²) in [7, 11) is -2.62. The number of allylic oxidation sites excluding steroid dienone is 2. The number of halogens is 1. The molecule has 0 amide bonds. The predicted molar refractivity (Wildman–Crippen MR) is 84.6 cm³/mol. The van der Waals surface area contributed by atoms with Crippen molar-refractivity contribution in [2.75, 3.05) is 0 Å². The third-order valence-corrected chi connectivity index (χ3v) is 4.71. The van der Waals surface area contributed by atoms with Crippen LogP contribution in [0.4, 0.5) is 0 Å². The van der Waals surface area contributed by atoms with Gasteiger partial charge >= 0.3 is 0 Å². The van der Waals surface area contributed by atoms with Crippen molar-refractivity contribution in [3.05, 3.63) is 63.5 Å². The van der Waals surface area contributed by atoms with Crippen molar-refractivity contribution in [2.45, 2.75) is 26.1 Å². The molecule has 0 radical (unpaired) electrons. The summed E-state index contributed by atoms with van der Waals surface area (Å²) in [6.07, 6.45) is 2.87. The Balaban J connectivity index is 2.65. The Bertz CT molecular complexity index is 770. The molecular weight excluding hydrogens is 310 g/mol. The summed E-state index contributed by atoms with van der Waals surface area (Å²) in [4.78, 5) is -0.240. The lowest BCUT2D eigenvalue weighted by Gasteiger charge is -2.26. The molecule has 2 atom stereocenters. The monoisotopic (exact) mass is 325 g/mol. The summed E-state index contributed by atoms with van der Waals surface area (Å²) >= 11 is 6.52. The SMILES string of the molecule is CC1=C(C(Cl)c2cc(C)ccc2C)C(=S(=O)=O)[NH+]([O-])C=C1. The van der Waals surface area contributed by atoms with Gasteiger partial charge in [-0.15, -0.1) is 11.6 Å². The maximum absolute atomic E-state index is 11.9. The highest BCUT2D eigenvalue weighted by atomic mass is 35.5. The van der Waals surface area contributed by atoms with Crippen LogP contribution in [0.2, 0.25) is 0 Å². The second-order valence-corrected chi connectivity index (χ2v) is 6.39. The molecule has 0 aromatic heterocycles. The largest absolute Gasteiger partial charge is 0.623 e. The molecule has 112 valence electrons. The van der Waals surface area contributed by atoms with Crippen LogP contribution in [0.25, 0.3) is 0 Å². The molecule has 0 fully saturated rings. The average Bonchev–Trinajstić information content (AvgIpc) is 2.42. The van der Waals surface area contributed by atoms with Crippen molar-refractivity contribution in [2.24, 2.45) is 0 Å². The Morgan fingerprint density at radius 1 is 1.24 bits per heavy atom. The van der Waals surface area contributed by atoms with Gasteiger partial charge in [0.1, 0.15) is 6.20 Å². The summed E-state index contributed by atoms with van der Waals surface area (Å²) in [5.74, 6) is 0. The first kappa shape index (κ1) is 16.0. The van der Waals surface area contributed by atoms with Gasteiger partial charge in [0.25, 0.3) is 15.3 Å². The van der Waals surface area contributed by atoms with Crippen molar-refractivity contribution in [3.8, 4) is 0 Å². The van der Waals surface area contributed by atoms with E-state index in [0.717, 1.165) is 16.7 Å². The van der Waals surface area contributed by atoms with Crippen LogP contribution in [0.15, 0.2) is 41.6 Å². The fourth-order valence-electron chi connectivity index (χ4n) is 2.35. The summed E-state index contributed by atoms with van der Waals surface area (Å²) in [5, 5.41) is 10.7. The van der Waals surface area contributed by atoms with Crippen LogP contribution in [-0.4, -0.2) is 13.4 Å². The molecule has 0 bridgehead atoms. The van der Waals surface area contributed by atoms with Crippen LogP contribution in [0.3, 0.4) is 0 Å². The number of aryl methyl sites for hydroxylation is 2. The van der Waals surface area contributed by atoms with E-state index in [9.17, 15) is 13.6 Å². The molecule has 0 saturated heterocycles. The van der Waals surface area contributed by atoms with Gasteiger partial charge in [0, 0.05) is 0 Å². The zero-order valence-electron chi connectivity index (χ0n) is 12.0. The summed E-state index contributed by atoms with van der Waals surface area (Å²) in [6, 6.07) is 5.82. The van der Waals surface area contributed by atoms with Gasteiger partial charge in [-0.05, 0) is 43.5 Å². The van der Waals surface area contributed by atoms with Crippen molar-refractivity contribution in [1.82, 2.24) is 0 Å². The van der Waals surface area contributed by atoms with Gasteiger partial charge in [-0.25, -0.2) is 0 Å². The Morgan fingerprint density at radius 3 is 2.52 bits per heavy atom. The highest BCUT2D eigenvalue weighted by Crippen LogP contribution is 2.34. The highest BCUT2D eigenvalue weighted by molar-refractivity contribution is 7.73. The van der Waals surface area contributed by atoms with Crippen LogP contribution in [-0.2, 0) is 10.3 Å². The lowest BCUT2D eigenvalue weighted by atomic mass is 9.94. The average molecular weight is 326 g/mol. The van der Waals surface area contributed by atoms with Crippen LogP contribution >= 0.6 is 11.6 Å². The molecule has 1 aromatic carbocycles. The zero-order valence-corrected chi connectivity index (χ0v) is 13.5. The van der Waals surface area contributed by atoms with E-state index in [1.54, 1.807) is 13.0 Å². The Hall–Kier alpha value is -1.40. The quantitative estimate of drug-likeness (QED) is 0.512. The fraction of sp³-hybridized carbons (Fsp3) is 0.267. The topological polar surface area (TPSA) is 61.6 Å². The van der Waals surface area contributed by atoms with E-state index in [0.29, 0.717) is 11.1 Å². The smallest absolute Gasteiger partial charge is 0.277 e. The Kier molecular flexibility index (Phi) is 4.68. The van der Waals surface area contributed by atoms with Crippen LogP contribution < -0.4 is 5.06 Å². The molecule has 2 rings (SSSR count). The van der Waals surface area contributed by atoms with Crippen LogP contribution in [0.5, 0.6) is 0 Å². The van der Waals surface area contributed by atoms with Crippen LogP contribution in [0, 0.1) is 19.1 Å². The van der Waals surface area contributed by atoms with Gasteiger partial charge in [0.15, 0.2) is 0 Å². The number of alkyl halides is 1. The van der Waals surface area contributed by atoms with Gasteiger partial charge in [0.2, 0.25) is 0 Å². The van der Waals surface area contributed by atoms with Crippen molar-refractivity contribution in [1.29, 1.82) is 0 Å². The molecule has 1 heterocycles. The van der Waals surface area contributed by atoms with E-state index >= 15 is 0 Å². The molecule has 6 heteroatoms. The first-order valence-electron chi connectivity index (χ1n) is 6.44. The third-order valence-electron chi connectivity index (χ3n) is 3.51. The maximum Gasteiger partial charge on any atom is 0.277 e. The standard InChI is InChI=1S/C15H16ClNO3S/c1-9-4-5-10(2)12(8-9)14(16)13-11(3)6-7-17(18)15(13)21(19)20/h4-8,14,17H,1-3H3. The second kappa shape index (κ2) is 6.15. The molecule has 1 N–H and O–H groups in total. The summed E-state index contributed by atoms with van der Waals surface area (Å²) in [5.41, 5.74) is 3.86. The van der Waals surface area contributed by atoms with E-state index in [2.05, 4.69) is 0 Å². The molecule has 1 aliphatic heterocycles. The first-order chi connectivity index (χ1) is 9.82. The van der Waals surface area contributed by atoms with E-state index in [-0.39, 0.29) is 4.99 Å². The molecule has 0 saturated carbocycles. The fourth-order valence-corrected chi connectivity index (χ4v) is 3.63. The molecule has 0 spiro atoms. The number of rotatable bonds is 2. The predicted octanol–water partition coefficient (Wildman–Crippen LogP) is 1.82. The minimum atomic E-state index is -2.62. The molecule has 1 aliphatic rings. The Morgan fingerprint density at radius 2 is 1.90 bits per heavy atom. The number of hydroxylamine groups is 2. The molecule has 4 nitrogen and oxygen atoms in total. The maximum atomic E-state index is 11.9. The lowest BCUT2D eigenvalue weighted by Crippen LogP contribution is -3.06. The van der Waals surface area contributed by atoms with Gasteiger partial charge in [-0.3, -0.25) is 0 Å². The molecule has 1 aromatic rings. The lowest BCUT2D eigenvalue weighted by molar-refractivity contribution is -0.680. The number of quaternary nitrogens is 1. The normalized spacial score (nSPS) is 19.9. The summed E-state index contributed by atoms with van der Waals surface area (Å²) in [6.45, 7) is 5.61. The second-order valence-electron chi connectivity index (χ2n) is 5.08. The van der Waals surface area contributed by atoms with Crippen molar-refractivity contribution >= 4 is 26.9 Å². The summed E-state index contributed by atoms with van der Waals surface area (Å²) < 4.78 is 22.8. The Labute approximate surface area is 130 Å². The van der Waals surface area contributed by atoms with Gasteiger partial charge in [-0.1, -0.05) is 23.8 Å². The van der Waals surface area contributed by atoms with Gasteiger partial charge in [-0.2, -0.15) is 8.42 Å². The minimum absolute atomic E-state index is 0.240. The number of hydrogen-bond donors (Lipinski definition) is 1. The van der Waals surface area contributed by atoms with E-state index in [4.69, 9.17) is 11.6 Å². The van der Waals surface area contributed by atoms with Crippen molar-refractivity contribution in [3.63, 3.8) is 0 Å². The van der Waals surface area contributed by atoms with E-state index in [1.165, 1.54) is 6.20 Å². The molecule has 2 unspecified atom stereocenters. The third kappa shape index (κ3) is 3.11. The number of hydrogen-bond acceptors (Lipinski definition) is 3. The molecule has 0 aliphatic carbocycles. The minimum Gasteiger partial charge on any atom is -0.623 e. The zero-order chi connectivity index (χ0) is 15.7. The molecule has 21 heavy (non-hydrogen) atoms. The van der Waals surface area contributed by atoms with Crippen LogP contribution in [0.1, 0.15) is 29.0 Å². The van der Waals surface area contributed by atoms with Crippen molar-refractivity contribution < 1.29 is 13.5 Å². The molecular formula is C15H16ClNO3S. The number of benzene rings is 1. The van der Waals surface area contributed by atoms with Gasteiger partial charge < -0.3 is 10.3 Å².